The number of halogens is 1. The van der Waals surface area contributed by atoms with Crippen LogP contribution in [0.3, 0.4) is 0 Å². The van der Waals surface area contributed by atoms with E-state index in [0.29, 0.717) is 11.3 Å². The normalized spacial score (nSPS) is 10.2. The van der Waals surface area contributed by atoms with Crippen molar-refractivity contribution in [2.45, 2.75) is 12.8 Å². The number of anilines is 1. The summed E-state index contributed by atoms with van der Waals surface area (Å²) in [6.07, 6.45) is 0. The minimum Gasteiger partial charge on any atom is -0.321 e. The minimum absolute atomic E-state index is 0.0318. The Morgan fingerprint density at radius 2 is 1.95 bits per heavy atom. The molecular weight excluding hydrogens is 292 g/mol. The lowest BCUT2D eigenvalue weighted by atomic mass is 10.1. The maximum atomic E-state index is 12.3. The molecule has 5 nitrogen and oxygen atoms in total. The van der Waals surface area contributed by atoms with Gasteiger partial charge in [-0.15, -0.1) is 11.6 Å². The van der Waals surface area contributed by atoms with Gasteiger partial charge in [-0.25, -0.2) is 0 Å². The van der Waals surface area contributed by atoms with Crippen LogP contribution in [0, 0.1) is 17.0 Å². The van der Waals surface area contributed by atoms with Gasteiger partial charge in [-0.2, -0.15) is 0 Å². The Morgan fingerprint density at radius 1 is 1.24 bits per heavy atom. The third-order valence-corrected chi connectivity index (χ3v) is 3.36. The first-order chi connectivity index (χ1) is 10.0. The van der Waals surface area contributed by atoms with E-state index in [1.165, 1.54) is 6.07 Å². The van der Waals surface area contributed by atoms with Crippen molar-refractivity contribution < 1.29 is 9.72 Å². The number of nitrogens with one attached hydrogen (secondary N) is 1. The Bertz CT molecular complexity index is 701. The molecule has 0 radical (unpaired) electrons. The van der Waals surface area contributed by atoms with Gasteiger partial charge in [0.15, 0.2) is 0 Å². The number of alkyl halides is 1. The average molecular weight is 305 g/mol. The van der Waals surface area contributed by atoms with E-state index in [0.717, 1.165) is 5.56 Å². The van der Waals surface area contributed by atoms with Gasteiger partial charge in [0.25, 0.3) is 11.6 Å². The Labute approximate surface area is 126 Å². The molecule has 0 aliphatic carbocycles. The molecule has 0 atom stereocenters. The number of amides is 1. The van der Waals surface area contributed by atoms with Gasteiger partial charge in [-0.05, 0) is 24.6 Å². The third-order valence-electron chi connectivity index (χ3n) is 3.07. The van der Waals surface area contributed by atoms with E-state index in [2.05, 4.69) is 5.32 Å². The summed E-state index contributed by atoms with van der Waals surface area (Å²) in [5, 5.41) is 13.8. The van der Waals surface area contributed by atoms with Crippen molar-refractivity contribution in [3.8, 4) is 0 Å². The summed E-state index contributed by atoms with van der Waals surface area (Å²) in [5.41, 5.74) is 1.59. The zero-order valence-electron chi connectivity index (χ0n) is 11.3. The van der Waals surface area contributed by atoms with Crippen molar-refractivity contribution in [3.05, 3.63) is 69.3 Å². The van der Waals surface area contributed by atoms with Gasteiger partial charge >= 0.3 is 0 Å². The first kappa shape index (κ1) is 15.0. The number of nitro groups is 1. The lowest BCUT2D eigenvalue weighted by molar-refractivity contribution is -0.385. The standard InChI is InChI=1S/C15H13ClN2O3/c1-10-5-4-7-12(14(10)18(20)21)15(19)17-13-8-3-2-6-11(13)9-16/h2-8H,9H2,1H3,(H,17,19). The maximum Gasteiger partial charge on any atom is 0.285 e. The Morgan fingerprint density at radius 3 is 2.62 bits per heavy atom. The predicted octanol–water partition coefficient (Wildman–Crippen LogP) is 3.89. The molecule has 0 unspecified atom stereocenters. The molecule has 108 valence electrons. The second-order valence-electron chi connectivity index (χ2n) is 4.47. The number of benzene rings is 2. The van der Waals surface area contributed by atoms with E-state index in [1.807, 2.05) is 6.07 Å². The van der Waals surface area contributed by atoms with Crippen molar-refractivity contribution in [2.24, 2.45) is 0 Å². The maximum absolute atomic E-state index is 12.3. The lowest BCUT2D eigenvalue weighted by Gasteiger charge is -2.10. The summed E-state index contributed by atoms with van der Waals surface area (Å²) in [6.45, 7) is 1.60. The van der Waals surface area contributed by atoms with Gasteiger partial charge < -0.3 is 5.32 Å². The van der Waals surface area contributed by atoms with Gasteiger partial charge in [0, 0.05) is 17.1 Å². The number of carbonyl (C=O) groups is 1. The number of nitrogens with zero attached hydrogens (tertiary/aromatic N) is 1. The third kappa shape index (κ3) is 3.20. The van der Waals surface area contributed by atoms with Crippen LogP contribution in [-0.2, 0) is 5.88 Å². The summed E-state index contributed by atoms with van der Waals surface area (Å²) >= 11 is 5.81. The molecule has 0 aromatic heterocycles. The van der Waals surface area contributed by atoms with Crippen molar-refractivity contribution in [2.75, 3.05) is 5.32 Å². The molecule has 2 aromatic rings. The average Bonchev–Trinajstić information content (AvgIpc) is 2.47. The fourth-order valence-electron chi connectivity index (χ4n) is 2.03. The molecule has 1 amide bonds. The SMILES string of the molecule is Cc1cccc(C(=O)Nc2ccccc2CCl)c1[N+](=O)[O-]. The summed E-state index contributed by atoms with van der Waals surface area (Å²) in [5.74, 6) is -0.283. The topological polar surface area (TPSA) is 72.2 Å². The quantitative estimate of drug-likeness (QED) is 0.529. The fraction of sp³-hybridized carbons (Fsp3) is 0.133. The van der Waals surface area contributed by atoms with E-state index < -0.39 is 10.8 Å². The summed E-state index contributed by atoms with van der Waals surface area (Å²) < 4.78 is 0. The molecule has 0 bridgehead atoms. The molecule has 1 N–H and O–H groups in total. The van der Waals surface area contributed by atoms with Crippen LogP contribution >= 0.6 is 11.6 Å². The zero-order valence-corrected chi connectivity index (χ0v) is 12.1. The number of carbonyl (C=O) groups excluding carboxylic acids is 1. The fourth-order valence-corrected chi connectivity index (χ4v) is 2.27. The largest absolute Gasteiger partial charge is 0.321 e. The van der Waals surface area contributed by atoms with Crippen molar-refractivity contribution >= 4 is 28.9 Å². The monoisotopic (exact) mass is 304 g/mol. The number of nitro benzene ring substituents is 1. The summed E-state index contributed by atoms with van der Waals surface area (Å²) in [4.78, 5) is 22.9. The highest BCUT2D eigenvalue weighted by atomic mass is 35.5. The molecule has 0 fully saturated rings. The van der Waals surface area contributed by atoms with Crippen LogP contribution in [0.5, 0.6) is 0 Å². The number of para-hydroxylation sites is 2. The van der Waals surface area contributed by atoms with Gasteiger partial charge in [-0.3, -0.25) is 14.9 Å². The van der Waals surface area contributed by atoms with Crippen LogP contribution in [0.15, 0.2) is 42.5 Å². The van der Waals surface area contributed by atoms with E-state index >= 15 is 0 Å². The first-order valence-corrected chi connectivity index (χ1v) is 6.77. The van der Waals surface area contributed by atoms with E-state index in [-0.39, 0.29) is 17.1 Å². The van der Waals surface area contributed by atoms with Crippen LogP contribution in [0.25, 0.3) is 0 Å². The molecule has 2 rings (SSSR count). The second-order valence-corrected chi connectivity index (χ2v) is 4.74. The zero-order chi connectivity index (χ0) is 15.4. The predicted molar refractivity (Wildman–Crippen MR) is 81.8 cm³/mol. The smallest absolute Gasteiger partial charge is 0.285 e. The van der Waals surface area contributed by atoms with E-state index in [9.17, 15) is 14.9 Å². The Hall–Kier alpha value is -2.40. The van der Waals surface area contributed by atoms with Gasteiger partial charge in [0.05, 0.1) is 4.92 Å². The van der Waals surface area contributed by atoms with Crippen LogP contribution in [0.2, 0.25) is 0 Å². The van der Waals surface area contributed by atoms with Crippen LogP contribution in [0.4, 0.5) is 11.4 Å². The molecule has 2 aromatic carbocycles. The second kappa shape index (κ2) is 6.37. The molecule has 0 aliphatic heterocycles. The van der Waals surface area contributed by atoms with Gasteiger partial charge in [0.1, 0.15) is 5.56 Å². The van der Waals surface area contributed by atoms with Crippen molar-refractivity contribution in [1.29, 1.82) is 0 Å². The van der Waals surface area contributed by atoms with E-state index in [1.54, 1.807) is 37.3 Å². The lowest BCUT2D eigenvalue weighted by Crippen LogP contribution is -2.15. The van der Waals surface area contributed by atoms with Crippen molar-refractivity contribution in [1.82, 2.24) is 0 Å². The molecule has 0 aliphatic rings. The molecule has 6 heteroatoms. The van der Waals surface area contributed by atoms with Crippen LogP contribution < -0.4 is 5.32 Å². The molecule has 21 heavy (non-hydrogen) atoms. The van der Waals surface area contributed by atoms with Crippen molar-refractivity contribution in [3.63, 3.8) is 0 Å². The molecular formula is C15H13ClN2O3. The Kier molecular flexibility index (Phi) is 4.55. The number of rotatable bonds is 4. The number of hydrogen-bond acceptors (Lipinski definition) is 3. The molecule has 0 saturated carbocycles. The number of aryl methyl sites for hydroxylation is 1. The first-order valence-electron chi connectivity index (χ1n) is 6.24. The van der Waals surface area contributed by atoms with Gasteiger partial charge in [0.2, 0.25) is 0 Å². The van der Waals surface area contributed by atoms with E-state index in [4.69, 9.17) is 11.6 Å². The highest BCUT2D eigenvalue weighted by molar-refractivity contribution is 6.17. The molecule has 0 saturated heterocycles. The molecule has 0 spiro atoms. The highest BCUT2D eigenvalue weighted by Crippen LogP contribution is 2.25. The minimum atomic E-state index is -0.544. The van der Waals surface area contributed by atoms with Crippen LogP contribution in [-0.4, -0.2) is 10.8 Å². The Balaban J connectivity index is 2.38. The highest BCUT2D eigenvalue weighted by Gasteiger charge is 2.22. The summed E-state index contributed by atoms with van der Waals surface area (Å²) in [7, 11) is 0. The number of hydrogen-bond donors (Lipinski definition) is 1. The van der Waals surface area contributed by atoms with Crippen LogP contribution in [0.1, 0.15) is 21.5 Å². The summed E-state index contributed by atoms with van der Waals surface area (Å²) in [6, 6.07) is 11.7. The molecule has 0 heterocycles. The van der Waals surface area contributed by atoms with Gasteiger partial charge in [-0.1, -0.05) is 30.3 Å².